The highest BCUT2D eigenvalue weighted by Gasteiger charge is 2.35. The molecule has 0 saturated carbocycles. The lowest BCUT2D eigenvalue weighted by molar-refractivity contribution is -0.119. The summed E-state index contributed by atoms with van der Waals surface area (Å²) in [5.41, 5.74) is 1.31. The van der Waals surface area contributed by atoms with Gasteiger partial charge < -0.3 is 5.32 Å². The van der Waals surface area contributed by atoms with E-state index < -0.39 is 0 Å². The Morgan fingerprint density at radius 1 is 1.35 bits per heavy atom. The van der Waals surface area contributed by atoms with Crippen molar-refractivity contribution in [2.45, 2.75) is 43.0 Å². The standard InChI is InChI=1S/C14H19NOS/c1-3-14(9-8-13(16)15-14)10-11-4-6-12(17-2)7-5-11/h4-7H,3,8-10H2,1-2H3,(H,15,16). The minimum Gasteiger partial charge on any atom is -0.350 e. The fraction of sp³-hybridized carbons (Fsp3) is 0.500. The van der Waals surface area contributed by atoms with Gasteiger partial charge in [-0.15, -0.1) is 11.8 Å². The minimum atomic E-state index is -0.00203. The summed E-state index contributed by atoms with van der Waals surface area (Å²) in [6.45, 7) is 2.15. The van der Waals surface area contributed by atoms with Crippen molar-refractivity contribution in [1.29, 1.82) is 0 Å². The lowest BCUT2D eigenvalue weighted by Gasteiger charge is -2.27. The summed E-state index contributed by atoms with van der Waals surface area (Å²) >= 11 is 1.76. The minimum absolute atomic E-state index is 0.00203. The quantitative estimate of drug-likeness (QED) is 0.831. The number of rotatable bonds is 4. The van der Waals surface area contributed by atoms with Crippen molar-refractivity contribution in [3.8, 4) is 0 Å². The highest BCUT2D eigenvalue weighted by molar-refractivity contribution is 7.98. The van der Waals surface area contributed by atoms with Gasteiger partial charge in [0.05, 0.1) is 0 Å². The second-order valence-electron chi connectivity index (χ2n) is 4.71. The van der Waals surface area contributed by atoms with Crippen molar-refractivity contribution in [2.75, 3.05) is 6.26 Å². The van der Waals surface area contributed by atoms with Crippen LogP contribution in [0.2, 0.25) is 0 Å². The molecule has 0 aromatic heterocycles. The van der Waals surface area contributed by atoms with Gasteiger partial charge in [-0.2, -0.15) is 0 Å². The van der Waals surface area contributed by atoms with Crippen LogP contribution in [0.25, 0.3) is 0 Å². The first-order valence-corrected chi connectivity index (χ1v) is 7.34. The van der Waals surface area contributed by atoms with E-state index in [0.29, 0.717) is 6.42 Å². The zero-order valence-corrected chi connectivity index (χ0v) is 11.3. The number of benzene rings is 1. The van der Waals surface area contributed by atoms with Gasteiger partial charge in [0, 0.05) is 16.9 Å². The first kappa shape index (κ1) is 12.5. The topological polar surface area (TPSA) is 29.1 Å². The van der Waals surface area contributed by atoms with Crippen molar-refractivity contribution in [3.63, 3.8) is 0 Å². The molecule has 1 aromatic rings. The fourth-order valence-electron chi connectivity index (χ4n) is 2.43. The van der Waals surface area contributed by atoms with E-state index in [1.807, 2.05) is 0 Å². The van der Waals surface area contributed by atoms with Crippen molar-refractivity contribution in [2.24, 2.45) is 0 Å². The number of carbonyl (C=O) groups excluding carboxylic acids is 1. The summed E-state index contributed by atoms with van der Waals surface area (Å²) < 4.78 is 0. The molecule has 17 heavy (non-hydrogen) atoms. The Morgan fingerprint density at radius 2 is 2.06 bits per heavy atom. The molecule has 2 rings (SSSR count). The molecular weight excluding hydrogens is 230 g/mol. The maximum Gasteiger partial charge on any atom is 0.220 e. The average molecular weight is 249 g/mol. The fourth-order valence-corrected chi connectivity index (χ4v) is 2.84. The molecule has 1 saturated heterocycles. The van der Waals surface area contributed by atoms with Crippen LogP contribution in [0.5, 0.6) is 0 Å². The van der Waals surface area contributed by atoms with E-state index >= 15 is 0 Å². The Morgan fingerprint density at radius 3 is 2.53 bits per heavy atom. The molecular formula is C14H19NOS. The molecule has 1 unspecified atom stereocenters. The lowest BCUT2D eigenvalue weighted by atomic mass is 9.87. The van der Waals surface area contributed by atoms with Crippen LogP contribution in [-0.2, 0) is 11.2 Å². The summed E-state index contributed by atoms with van der Waals surface area (Å²) in [4.78, 5) is 12.7. The van der Waals surface area contributed by atoms with Crippen molar-refractivity contribution < 1.29 is 4.79 Å². The monoisotopic (exact) mass is 249 g/mol. The van der Waals surface area contributed by atoms with Crippen LogP contribution in [0, 0.1) is 0 Å². The average Bonchev–Trinajstić information content (AvgIpc) is 2.72. The number of nitrogens with one attached hydrogen (secondary N) is 1. The highest BCUT2D eigenvalue weighted by Crippen LogP contribution is 2.28. The molecule has 1 aliphatic rings. The van der Waals surface area contributed by atoms with E-state index in [1.165, 1.54) is 10.5 Å². The predicted molar refractivity (Wildman–Crippen MR) is 72.3 cm³/mol. The third kappa shape index (κ3) is 2.83. The van der Waals surface area contributed by atoms with Crippen LogP contribution < -0.4 is 5.32 Å². The van der Waals surface area contributed by atoms with E-state index in [1.54, 1.807) is 11.8 Å². The molecule has 0 aliphatic carbocycles. The molecule has 1 N–H and O–H groups in total. The molecule has 1 atom stereocenters. The molecule has 0 bridgehead atoms. The Bertz CT molecular complexity index is 401. The molecule has 1 fully saturated rings. The van der Waals surface area contributed by atoms with Gasteiger partial charge in [0.1, 0.15) is 0 Å². The van der Waals surface area contributed by atoms with E-state index in [4.69, 9.17) is 0 Å². The number of carbonyl (C=O) groups is 1. The number of hydrogen-bond donors (Lipinski definition) is 1. The number of thioether (sulfide) groups is 1. The van der Waals surface area contributed by atoms with Crippen molar-refractivity contribution in [3.05, 3.63) is 29.8 Å². The smallest absolute Gasteiger partial charge is 0.220 e. The summed E-state index contributed by atoms with van der Waals surface area (Å²) in [6, 6.07) is 8.65. The molecule has 0 spiro atoms. The van der Waals surface area contributed by atoms with Gasteiger partial charge in [0.15, 0.2) is 0 Å². The van der Waals surface area contributed by atoms with Crippen molar-refractivity contribution in [1.82, 2.24) is 5.32 Å². The molecule has 2 nitrogen and oxygen atoms in total. The lowest BCUT2D eigenvalue weighted by Crippen LogP contribution is -2.42. The third-order valence-corrected chi connectivity index (χ3v) is 4.36. The van der Waals surface area contributed by atoms with Crippen LogP contribution in [0.3, 0.4) is 0 Å². The molecule has 3 heteroatoms. The van der Waals surface area contributed by atoms with Gasteiger partial charge in [0.25, 0.3) is 0 Å². The Labute approximate surface area is 107 Å². The van der Waals surface area contributed by atoms with Gasteiger partial charge in [-0.25, -0.2) is 0 Å². The number of amides is 1. The van der Waals surface area contributed by atoms with Gasteiger partial charge in [0.2, 0.25) is 5.91 Å². The normalized spacial score (nSPS) is 23.8. The van der Waals surface area contributed by atoms with E-state index in [9.17, 15) is 4.79 Å². The van der Waals surface area contributed by atoms with E-state index in [2.05, 4.69) is 42.8 Å². The van der Waals surface area contributed by atoms with Crippen molar-refractivity contribution >= 4 is 17.7 Å². The Hall–Kier alpha value is -0.960. The molecule has 1 amide bonds. The maximum absolute atomic E-state index is 11.4. The van der Waals surface area contributed by atoms with Crippen LogP contribution in [-0.4, -0.2) is 17.7 Å². The van der Waals surface area contributed by atoms with Gasteiger partial charge in [-0.3, -0.25) is 4.79 Å². The summed E-state index contributed by atoms with van der Waals surface area (Å²) in [7, 11) is 0. The highest BCUT2D eigenvalue weighted by atomic mass is 32.2. The van der Waals surface area contributed by atoms with E-state index in [-0.39, 0.29) is 11.4 Å². The summed E-state index contributed by atoms with van der Waals surface area (Å²) in [5, 5.41) is 3.15. The number of hydrogen-bond acceptors (Lipinski definition) is 2. The largest absolute Gasteiger partial charge is 0.350 e. The van der Waals surface area contributed by atoms with Gasteiger partial charge in [-0.05, 0) is 43.2 Å². The zero-order chi connectivity index (χ0) is 12.3. The second kappa shape index (κ2) is 5.13. The molecule has 92 valence electrons. The Kier molecular flexibility index (Phi) is 3.77. The van der Waals surface area contributed by atoms with E-state index in [0.717, 1.165) is 19.3 Å². The van der Waals surface area contributed by atoms with Gasteiger partial charge >= 0.3 is 0 Å². The SMILES string of the molecule is CCC1(Cc2ccc(SC)cc2)CCC(=O)N1. The first-order valence-electron chi connectivity index (χ1n) is 6.11. The molecule has 1 aliphatic heterocycles. The summed E-state index contributed by atoms with van der Waals surface area (Å²) in [6.07, 6.45) is 5.68. The molecule has 1 heterocycles. The van der Waals surface area contributed by atoms with Crippen LogP contribution in [0.15, 0.2) is 29.2 Å². The summed E-state index contributed by atoms with van der Waals surface area (Å²) in [5.74, 6) is 0.201. The van der Waals surface area contributed by atoms with Crippen LogP contribution in [0.1, 0.15) is 31.7 Å². The molecule has 1 aromatic carbocycles. The maximum atomic E-state index is 11.4. The Balaban J connectivity index is 2.10. The predicted octanol–water partition coefficient (Wildman–Crippen LogP) is 3.01. The van der Waals surface area contributed by atoms with Crippen LogP contribution >= 0.6 is 11.8 Å². The molecule has 0 radical (unpaired) electrons. The van der Waals surface area contributed by atoms with Gasteiger partial charge in [-0.1, -0.05) is 19.1 Å². The third-order valence-electron chi connectivity index (χ3n) is 3.61. The zero-order valence-electron chi connectivity index (χ0n) is 10.5. The van der Waals surface area contributed by atoms with Crippen LogP contribution in [0.4, 0.5) is 0 Å². The first-order chi connectivity index (χ1) is 8.17. The second-order valence-corrected chi connectivity index (χ2v) is 5.59.